The number of hydroxylamine groups is 2. The molecule has 1 aliphatic heterocycles. The molecular formula is C14H19NO6. The van der Waals surface area contributed by atoms with Gasteiger partial charge in [0, 0.05) is 0 Å². The first-order chi connectivity index (χ1) is 9.76. The van der Waals surface area contributed by atoms with Crippen molar-refractivity contribution in [1.82, 2.24) is 5.06 Å². The molecule has 2 rings (SSSR count). The zero-order chi connectivity index (χ0) is 16.0. The zero-order valence-corrected chi connectivity index (χ0v) is 12.1. The second-order valence-electron chi connectivity index (χ2n) is 5.35. The number of carbonyl (C=O) groups is 2. The lowest BCUT2D eigenvalue weighted by atomic mass is 9.66. The van der Waals surface area contributed by atoms with Crippen molar-refractivity contribution in [1.29, 1.82) is 0 Å². The molecule has 0 saturated carbocycles. The molecule has 0 aromatic carbocycles. The van der Waals surface area contributed by atoms with Gasteiger partial charge in [-0.1, -0.05) is 19.1 Å². The summed E-state index contributed by atoms with van der Waals surface area (Å²) in [7, 11) is 1.16. The van der Waals surface area contributed by atoms with Gasteiger partial charge in [-0.15, -0.1) is 0 Å². The maximum Gasteiger partial charge on any atom is 0.265 e. The summed E-state index contributed by atoms with van der Waals surface area (Å²) in [6.07, 6.45) is 1.19. The minimum atomic E-state index is -2.06. The van der Waals surface area contributed by atoms with Gasteiger partial charge in [0.1, 0.15) is 17.6 Å². The van der Waals surface area contributed by atoms with Gasteiger partial charge in [-0.05, 0) is 25.0 Å². The summed E-state index contributed by atoms with van der Waals surface area (Å²) in [4.78, 5) is 29.4. The zero-order valence-electron chi connectivity index (χ0n) is 12.1. The van der Waals surface area contributed by atoms with Gasteiger partial charge in [0.05, 0.1) is 7.11 Å². The molecule has 7 heteroatoms. The van der Waals surface area contributed by atoms with Crippen LogP contribution in [0.1, 0.15) is 20.3 Å². The number of ketones is 1. The Morgan fingerprint density at radius 1 is 1.38 bits per heavy atom. The Kier molecular flexibility index (Phi) is 3.79. The van der Waals surface area contributed by atoms with Crippen LogP contribution in [-0.2, 0) is 14.4 Å². The van der Waals surface area contributed by atoms with Gasteiger partial charge in [-0.25, -0.2) is 0 Å². The van der Waals surface area contributed by atoms with Crippen LogP contribution in [0.2, 0.25) is 0 Å². The fraction of sp³-hybridized carbons (Fsp3) is 0.571. The van der Waals surface area contributed by atoms with Crippen LogP contribution in [0.15, 0.2) is 23.8 Å². The molecule has 3 N–H and O–H groups in total. The van der Waals surface area contributed by atoms with E-state index in [2.05, 4.69) is 0 Å². The van der Waals surface area contributed by atoms with Crippen molar-refractivity contribution in [3.05, 3.63) is 23.8 Å². The molecule has 0 aromatic heterocycles. The number of allylic oxidation sites excluding steroid dienone is 2. The molecule has 0 bridgehead atoms. The van der Waals surface area contributed by atoms with E-state index in [-0.39, 0.29) is 5.57 Å². The van der Waals surface area contributed by atoms with Crippen molar-refractivity contribution in [2.24, 2.45) is 5.41 Å². The summed E-state index contributed by atoms with van der Waals surface area (Å²) in [6.45, 7) is 3.00. The van der Waals surface area contributed by atoms with Crippen molar-refractivity contribution in [3.8, 4) is 0 Å². The van der Waals surface area contributed by atoms with Crippen LogP contribution in [-0.4, -0.2) is 57.1 Å². The van der Waals surface area contributed by atoms with Gasteiger partial charge < -0.3 is 15.3 Å². The number of hydrogen-bond donors (Lipinski definition) is 3. The summed E-state index contributed by atoms with van der Waals surface area (Å²) in [6, 6.07) is 0. The van der Waals surface area contributed by atoms with Gasteiger partial charge in [0.2, 0.25) is 0 Å². The van der Waals surface area contributed by atoms with Crippen molar-refractivity contribution in [3.63, 3.8) is 0 Å². The van der Waals surface area contributed by atoms with E-state index in [1.54, 1.807) is 6.08 Å². The largest absolute Gasteiger partial charge is 0.386 e. The van der Waals surface area contributed by atoms with Crippen LogP contribution in [0, 0.1) is 5.41 Å². The molecule has 0 aromatic rings. The summed E-state index contributed by atoms with van der Waals surface area (Å²) in [5.41, 5.74) is -3.73. The summed E-state index contributed by atoms with van der Waals surface area (Å²) in [5, 5.41) is 31.8. The SMILES string of the molecule is CC/C=C1/C=CC(=O)[C@H](O)[C@@]12C(=O)N(OC)[C@@](C)(O)[C@H]2O. The average Bonchev–Trinajstić information content (AvgIpc) is 2.57. The maximum atomic E-state index is 12.7. The van der Waals surface area contributed by atoms with E-state index in [1.807, 2.05) is 6.92 Å². The van der Waals surface area contributed by atoms with E-state index in [1.165, 1.54) is 13.0 Å². The molecule has 21 heavy (non-hydrogen) atoms. The Labute approximate surface area is 122 Å². The Bertz CT molecular complexity index is 538. The van der Waals surface area contributed by atoms with Gasteiger partial charge in [-0.3, -0.25) is 14.4 Å². The van der Waals surface area contributed by atoms with Gasteiger partial charge in [0.15, 0.2) is 11.5 Å². The third-order valence-electron chi connectivity index (χ3n) is 4.11. The highest BCUT2D eigenvalue weighted by Gasteiger charge is 2.71. The number of nitrogens with zero attached hydrogens (tertiary/aromatic N) is 1. The van der Waals surface area contributed by atoms with Crippen LogP contribution < -0.4 is 0 Å². The van der Waals surface area contributed by atoms with Gasteiger partial charge >= 0.3 is 0 Å². The first-order valence-electron chi connectivity index (χ1n) is 6.66. The number of rotatable bonds is 2. The average molecular weight is 297 g/mol. The third kappa shape index (κ3) is 1.82. The van der Waals surface area contributed by atoms with Crippen LogP contribution in [0.25, 0.3) is 0 Å². The van der Waals surface area contributed by atoms with Crippen LogP contribution in [0.4, 0.5) is 0 Å². The number of hydrogen-bond acceptors (Lipinski definition) is 6. The standard InChI is InChI=1S/C14H19NO6/c1-4-5-8-6-7-9(16)10(17)14(8)11(18)13(2,20)15(21-3)12(14)19/h5-7,10-11,17-18,20H,4H2,1-3H3/b8-5-/t10-,11+,13-,14-/m0/s1. The molecule has 1 saturated heterocycles. The highest BCUT2D eigenvalue weighted by atomic mass is 16.7. The predicted molar refractivity (Wildman–Crippen MR) is 71.4 cm³/mol. The Balaban J connectivity index is 2.72. The molecule has 4 atom stereocenters. The van der Waals surface area contributed by atoms with E-state index in [9.17, 15) is 24.9 Å². The van der Waals surface area contributed by atoms with Gasteiger partial charge in [-0.2, -0.15) is 5.06 Å². The van der Waals surface area contributed by atoms with E-state index >= 15 is 0 Å². The molecule has 1 amide bonds. The fourth-order valence-electron chi connectivity index (χ4n) is 3.09. The lowest BCUT2D eigenvalue weighted by Crippen LogP contribution is -2.56. The van der Waals surface area contributed by atoms with Crippen LogP contribution >= 0.6 is 0 Å². The molecule has 0 unspecified atom stereocenters. The first-order valence-corrected chi connectivity index (χ1v) is 6.66. The topological polar surface area (TPSA) is 107 Å². The quantitative estimate of drug-likeness (QED) is 0.621. The van der Waals surface area contributed by atoms with Crippen molar-refractivity contribution < 1.29 is 29.7 Å². The number of aliphatic hydroxyl groups excluding tert-OH is 2. The molecule has 1 heterocycles. The molecule has 7 nitrogen and oxygen atoms in total. The molecule has 116 valence electrons. The third-order valence-corrected chi connectivity index (χ3v) is 4.11. The highest BCUT2D eigenvalue weighted by Crippen LogP contribution is 2.51. The lowest BCUT2D eigenvalue weighted by Gasteiger charge is -2.38. The maximum absolute atomic E-state index is 12.7. The Hall–Kier alpha value is -1.54. The fourth-order valence-corrected chi connectivity index (χ4v) is 3.09. The van der Waals surface area contributed by atoms with E-state index in [0.717, 1.165) is 13.2 Å². The molecular weight excluding hydrogens is 278 g/mol. The normalized spacial score (nSPS) is 41.6. The highest BCUT2D eigenvalue weighted by molar-refractivity contribution is 6.04. The minimum absolute atomic E-state index is 0.287. The van der Waals surface area contributed by atoms with E-state index < -0.39 is 35.0 Å². The Morgan fingerprint density at radius 3 is 2.48 bits per heavy atom. The molecule has 1 aliphatic carbocycles. The summed E-state index contributed by atoms with van der Waals surface area (Å²) >= 11 is 0. The summed E-state index contributed by atoms with van der Waals surface area (Å²) in [5.74, 6) is -1.56. The monoisotopic (exact) mass is 297 g/mol. The van der Waals surface area contributed by atoms with Crippen molar-refractivity contribution in [2.75, 3.05) is 7.11 Å². The molecule has 1 fully saturated rings. The van der Waals surface area contributed by atoms with Crippen molar-refractivity contribution in [2.45, 2.75) is 38.2 Å². The van der Waals surface area contributed by atoms with Crippen LogP contribution in [0.3, 0.4) is 0 Å². The Morgan fingerprint density at radius 2 is 2.00 bits per heavy atom. The summed E-state index contributed by atoms with van der Waals surface area (Å²) < 4.78 is 0. The minimum Gasteiger partial charge on any atom is -0.386 e. The van der Waals surface area contributed by atoms with Gasteiger partial charge in [0.25, 0.3) is 5.91 Å². The molecule has 0 radical (unpaired) electrons. The lowest BCUT2D eigenvalue weighted by molar-refractivity contribution is -0.262. The molecule has 1 spiro atoms. The predicted octanol–water partition coefficient (Wildman–Crippen LogP) is -0.718. The second kappa shape index (κ2) is 5.03. The van der Waals surface area contributed by atoms with E-state index in [4.69, 9.17) is 4.84 Å². The number of amides is 1. The smallest absolute Gasteiger partial charge is 0.265 e. The van der Waals surface area contributed by atoms with Crippen LogP contribution in [0.5, 0.6) is 0 Å². The van der Waals surface area contributed by atoms with Crippen molar-refractivity contribution >= 4 is 11.7 Å². The number of carbonyl (C=O) groups excluding carboxylic acids is 2. The molecule has 2 aliphatic rings. The second-order valence-corrected chi connectivity index (χ2v) is 5.35. The first kappa shape index (κ1) is 15.8. The number of aliphatic hydroxyl groups is 3. The van der Waals surface area contributed by atoms with E-state index in [0.29, 0.717) is 11.5 Å².